The van der Waals surface area contributed by atoms with Crippen LogP contribution in [0.5, 0.6) is 0 Å². The number of aromatic nitrogens is 2. The fourth-order valence-electron chi connectivity index (χ4n) is 6.94. The van der Waals surface area contributed by atoms with Crippen LogP contribution >= 0.6 is 0 Å². The van der Waals surface area contributed by atoms with Crippen LogP contribution in [0, 0.1) is 5.41 Å². The molecule has 0 radical (unpaired) electrons. The Morgan fingerprint density at radius 1 is 1.07 bits per heavy atom. The SMILES string of the molecule is C=NCC1(CN2CCC(n3cc(Cc4ccc5c6c(cccc46)C(=O)N5C4CCC(=O)NC4=O)cn3)CC2)CC1. The molecule has 9 nitrogen and oxygen atoms in total. The summed E-state index contributed by atoms with van der Waals surface area (Å²) in [5, 5.41) is 9.03. The van der Waals surface area contributed by atoms with Crippen LogP contribution in [0.15, 0.2) is 47.7 Å². The summed E-state index contributed by atoms with van der Waals surface area (Å²) >= 11 is 0. The van der Waals surface area contributed by atoms with Crippen molar-refractivity contribution >= 4 is 40.9 Å². The molecular weight excluding hydrogens is 504 g/mol. The molecule has 1 saturated carbocycles. The Morgan fingerprint density at radius 2 is 1.90 bits per heavy atom. The molecule has 1 unspecified atom stereocenters. The predicted molar refractivity (Wildman–Crippen MR) is 153 cm³/mol. The number of benzene rings is 2. The molecule has 0 bridgehead atoms. The number of carbonyl (C=O) groups is 3. The van der Waals surface area contributed by atoms with Gasteiger partial charge in [-0.3, -0.25) is 29.3 Å². The average molecular weight is 539 g/mol. The number of piperidine rings is 2. The summed E-state index contributed by atoms with van der Waals surface area (Å²) in [5.41, 5.74) is 4.00. The first-order chi connectivity index (χ1) is 19.4. The number of amides is 3. The van der Waals surface area contributed by atoms with Gasteiger partial charge < -0.3 is 9.89 Å². The summed E-state index contributed by atoms with van der Waals surface area (Å²) < 4.78 is 2.14. The van der Waals surface area contributed by atoms with Crippen molar-refractivity contribution in [3.8, 4) is 0 Å². The van der Waals surface area contributed by atoms with E-state index in [-0.39, 0.29) is 18.2 Å². The third kappa shape index (κ3) is 4.33. The molecule has 3 aromatic rings. The van der Waals surface area contributed by atoms with Crippen molar-refractivity contribution in [2.24, 2.45) is 10.4 Å². The first-order valence-electron chi connectivity index (χ1n) is 14.3. The van der Waals surface area contributed by atoms with Gasteiger partial charge in [0.15, 0.2) is 0 Å². The lowest BCUT2D eigenvalue weighted by molar-refractivity contribution is -0.134. The van der Waals surface area contributed by atoms with Crippen LogP contribution in [-0.4, -0.2) is 71.3 Å². The monoisotopic (exact) mass is 538 g/mol. The van der Waals surface area contributed by atoms with Crippen molar-refractivity contribution in [3.05, 3.63) is 59.4 Å². The van der Waals surface area contributed by atoms with E-state index in [1.54, 1.807) is 4.90 Å². The quantitative estimate of drug-likeness (QED) is 0.350. The van der Waals surface area contributed by atoms with Crippen molar-refractivity contribution in [3.63, 3.8) is 0 Å². The molecule has 1 aliphatic carbocycles. The van der Waals surface area contributed by atoms with Gasteiger partial charge in [-0.15, -0.1) is 0 Å². The van der Waals surface area contributed by atoms with Gasteiger partial charge in [0.1, 0.15) is 6.04 Å². The van der Waals surface area contributed by atoms with Crippen molar-refractivity contribution in [1.82, 2.24) is 20.0 Å². The number of anilines is 1. The van der Waals surface area contributed by atoms with Crippen LogP contribution in [0.4, 0.5) is 5.69 Å². The Balaban J connectivity index is 1.07. The number of hydrogen-bond donors (Lipinski definition) is 1. The maximum Gasteiger partial charge on any atom is 0.259 e. The lowest BCUT2D eigenvalue weighted by Crippen LogP contribution is -2.53. The smallest absolute Gasteiger partial charge is 0.259 e. The molecule has 3 amide bonds. The third-order valence-electron chi connectivity index (χ3n) is 9.28. The summed E-state index contributed by atoms with van der Waals surface area (Å²) in [5.74, 6) is -0.877. The van der Waals surface area contributed by atoms with Gasteiger partial charge in [-0.25, -0.2) is 0 Å². The van der Waals surface area contributed by atoms with Gasteiger partial charge in [-0.2, -0.15) is 5.10 Å². The minimum atomic E-state index is -0.676. The minimum Gasteiger partial charge on any atom is -0.303 e. The van der Waals surface area contributed by atoms with Crippen LogP contribution in [-0.2, 0) is 16.0 Å². The summed E-state index contributed by atoms with van der Waals surface area (Å²) in [7, 11) is 0. The number of aliphatic imine (C=N–C) groups is 1. The van der Waals surface area contributed by atoms with E-state index in [2.05, 4.69) is 38.9 Å². The zero-order valence-corrected chi connectivity index (χ0v) is 22.6. The first-order valence-corrected chi connectivity index (χ1v) is 14.3. The second-order valence-corrected chi connectivity index (χ2v) is 12.0. The Labute approximate surface area is 233 Å². The zero-order valence-electron chi connectivity index (χ0n) is 22.6. The molecule has 1 N–H and O–H groups in total. The van der Waals surface area contributed by atoms with Gasteiger partial charge in [0, 0.05) is 61.6 Å². The molecule has 206 valence electrons. The lowest BCUT2D eigenvalue weighted by Gasteiger charge is -2.34. The van der Waals surface area contributed by atoms with E-state index in [1.807, 2.05) is 30.5 Å². The van der Waals surface area contributed by atoms with Gasteiger partial charge in [-0.1, -0.05) is 18.2 Å². The Kier molecular flexibility index (Phi) is 6.07. The van der Waals surface area contributed by atoms with E-state index in [4.69, 9.17) is 5.10 Å². The normalized spacial score (nSPS) is 22.6. The molecule has 1 atom stereocenters. The standard InChI is InChI=1S/C31H34N6O3/c1-32-18-31(11-12-31)19-35-13-9-22(10-14-35)36-17-20(16-33-36)15-21-5-6-25-28-23(21)3-2-4-24(28)30(40)37(25)26-7-8-27(38)34-29(26)39/h2-6,16-17,22,26H,1,7-15,18-19H2,(H,34,38,39). The highest BCUT2D eigenvalue weighted by Crippen LogP contribution is 2.47. The van der Waals surface area contributed by atoms with Gasteiger partial charge in [0.2, 0.25) is 11.8 Å². The predicted octanol–water partition coefficient (Wildman–Crippen LogP) is 3.51. The van der Waals surface area contributed by atoms with Crippen LogP contribution in [0.2, 0.25) is 0 Å². The highest BCUT2D eigenvalue weighted by atomic mass is 16.2. The molecule has 3 fully saturated rings. The van der Waals surface area contributed by atoms with Crippen molar-refractivity contribution in [2.75, 3.05) is 31.1 Å². The number of rotatable bonds is 8. The zero-order chi connectivity index (χ0) is 27.4. The Morgan fingerprint density at radius 3 is 2.65 bits per heavy atom. The number of nitrogens with zero attached hydrogens (tertiary/aromatic N) is 5. The molecule has 4 heterocycles. The molecule has 2 aromatic carbocycles. The van der Waals surface area contributed by atoms with E-state index in [0.717, 1.165) is 66.6 Å². The fraction of sp³-hybridized carbons (Fsp3) is 0.452. The lowest BCUT2D eigenvalue weighted by atomic mass is 9.97. The maximum absolute atomic E-state index is 13.4. The van der Waals surface area contributed by atoms with Crippen LogP contribution in [0.3, 0.4) is 0 Å². The van der Waals surface area contributed by atoms with Gasteiger partial charge in [-0.05, 0) is 67.5 Å². The summed E-state index contributed by atoms with van der Waals surface area (Å²) in [4.78, 5) is 46.1. The topological polar surface area (TPSA) is 99.9 Å². The molecule has 0 spiro atoms. The summed E-state index contributed by atoms with van der Waals surface area (Å²) in [6.45, 7) is 7.90. The molecule has 9 heteroatoms. The van der Waals surface area contributed by atoms with Crippen molar-refractivity contribution < 1.29 is 14.4 Å². The molecule has 3 aliphatic heterocycles. The van der Waals surface area contributed by atoms with Crippen molar-refractivity contribution in [1.29, 1.82) is 0 Å². The van der Waals surface area contributed by atoms with Gasteiger partial charge in [0.25, 0.3) is 5.91 Å². The van der Waals surface area contributed by atoms with Crippen LogP contribution in [0.1, 0.15) is 66.1 Å². The van der Waals surface area contributed by atoms with Crippen LogP contribution < -0.4 is 10.2 Å². The third-order valence-corrected chi connectivity index (χ3v) is 9.28. The number of hydrogen-bond acceptors (Lipinski definition) is 6. The Hall–Kier alpha value is -3.85. The largest absolute Gasteiger partial charge is 0.303 e. The number of likely N-dealkylation sites (tertiary alicyclic amines) is 1. The highest BCUT2D eigenvalue weighted by molar-refractivity contribution is 6.27. The van der Waals surface area contributed by atoms with E-state index in [1.165, 1.54) is 12.8 Å². The second-order valence-electron chi connectivity index (χ2n) is 12.0. The van der Waals surface area contributed by atoms with Crippen LogP contribution in [0.25, 0.3) is 10.8 Å². The van der Waals surface area contributed by atoms with E-state index < -0.39 is 11.9 Å². The van der Waals surface area contributed by atoms with Gasteiger partial charge >= 0.3 is 0 Å². The van der Waals surface area contributed by atoms with Gasteiger partial charge in [0.05, 0.1) is 17.9 Å². The van der Waals surface area contributed by atoms with Crippen molar-refractivity contribution in [2.45, 2.75) is 57.0 Å². The number of nitrogens with one attached hydrogen (secondary N) is 1. The maximum atomic E-state index is 13.4. The first kappa shape index (κ1) is 25.1. The molecule has 4 aliphatic rings. The summed E-state index contributed by atoms with van der Waals surface area (Å²) in [6.07, 6.45) is 10.1. The average Bonchev–Trinajstić information content (AvgIpc) is 3.42. The number of imide groups is 1. The molecule has 7 rings (SSSR count). The molecule has 40 heavy (non-hydrogen) atoms. The second kappa shape index (κ2) is 9.66. The fourth-order valence-corrected chi connectivity index (χ4v) is 6.94. The number of carbonyl (C=O) groups excluding carboxylic acids is 3. The summed E-state index contributed by atoms with van der Waals surface area (Å²) in [6, 6.07) is 9.52. The molecule has 1 aromatic heterocycles. The van der Waals surface area contributed by atoms with E-state index >= 15 is 0 Å². The van der Waals surface area contributed by atoms with E-state index in [0.29, 0.717) is 29.9 Å². The highest BCUT2D eigenvalue weighted by Gasteiger charge is 2.44. The Bertz CT molecular complexity index is 1530. The molecule has 2 saturated heterocycles. The minimum absolute atomic E-state index is 0.181. The molecular formula is C31H34N6O3. The van der Waals surface area contributed by atoms with E-state index in [9.17, 15) is 14.4 Å².